The molecule has 25 heavy (non-hydrogen) atoms. The van der Waals surface area contributed by atoms with E-state index in [-0.39, 0.29) is 12.6 Å². The van der Waals surface area contributed by atoms with E-state index >= 15 is 0 Å². The van der Waals surface area contributed by atoms with Gasteiger partial charge in [-0.05, 0) is 25.0 Å². The average molecular weight is 344 g/mol. The van der Waals surface area contributed by atoms with Gasteiger partial charge in [0.15, 0.2) is 0 Å². The van der Waals surface area contributed by atoms with Crippen LogP contribution >= 0.6 is 0 Å². The Bertz CT molecular complexity index is 763. The lowest BCUT2D eigenvalue weighted by molar-refractivity contribution is -0.0600. The van der Waals surface area contributed by atoms with Crippen molar-refractivity contribution in [1.82, 2.24) is 20.2 Å². The Labute approximate surface area is 146 Å². The van der Waals surface area contributed by atoms with Crippen LogP contribution in [-0.4, -0.2) is 46.0 Å². The summed E-state index contributed by atoms with van der Waals surface area (Å²) in [6.07, 6.45) is 3.42. The minimum absolute atomic E-state index is 0.237. The molecule has 7 heteroatoms. The summed E-state index contributed by atoms with van der Waals surface area (Å²) >= 11 is 0. The van der Waals surface area contributed by atoms with Gasteiger partial charge in [-0.2, -0.15) is 0 Å². The first-order chi connectivity index (χ1) is 12.1. The lowest BCUT2D eigenvalue weighted by atomic mass is 9.94. The summed E-state index contributed by atoms with van der Waals surface area (Å²) in [6, 6.07) is 8.28. The van der Waals surface area contributed by atoms with Crippen LogP contribution in [0.5, 0.6) is 0 Å². The van der Waals surface area contributed by atoms with Crippen LogP contribution in [0.3, 0.4) is 0 Å². The molecule has 2 amide bonds. The van der Waals surface area contributed by atoms with Crippen LogP contribution in [0.4, 0.5) is 4.79 Å². The van der Waals surface area contributed by atoms with E-state index in [1.54, 1.807) is 0 Å². The van der Waals surface area contributed by atoms with Gasteiger partial charge in [0.05, 0.1) is 23.2 Å². The third-order valence-electron chi connectivity index (χ3n) is 4.99. The number of nitrogens with zero attached hydrogens (tertiary/aromatic N) is 2. The van der Waals surface area contributed by atoms with Gasteiger partial charge < -0.3 is 25.0 Å². The number of aliphatic hydroxyl groups is 1. The van der Waals surface area contributed by atoms with E-state index in [9.17, 15) is 9.90 Å². The van der Waals surface area contributed by atoms with Gasteiger partial charge in [0, 0.05) is 38.6 Å². The molecule has 1 saturated carbocycles. The molecule has 0 bridgehead atoms. The molecule has 2 heterocycles. The van der Waals surface area contributed by atoms with Crippen molar-refractivity contribution in [3.8, 4) is 0 Å². The number of carbonyl (C=O) groups excluding carboxylic acids is 1. The number of benzene rings is 1. The highest BCUT2D eigenvalue weighted by Gasteiger charge is 2.30. The molecule has 7 nitrogen and oxygen atoms in total. The molecule has 3 N–H and O–H groups in total. The monoisotopic (exact) mass is 344 g/mol. The summed E-state index contributed by atoms with van der Waals surface area (Å²) < 4.78 is 7.49. The molecule has 1 aromatic carbocycles. The van der Waals surface area contributed by atoms with Gasteiger partial charge in [-0.25, -0.2) is 9.78 Å². The minimum Gasteiger partial charge on any atom is -0.388 e. The van der Waals surface area contributed by atoms with Crippen molar-refractivity contribution in [3.63, 3.8) is 0 Å². The fourth-order valence-corrected chi connectivity index (χ4v) is 3.35. The van der Waals surface area contributed by atoms with E-state index in [4.69, 9.17) is 4.74 Å². The number of imidazole rings is 1. The fraction of sp³-hybridized carbons (Fsp3) is 0.556. The fourth-order valence-electron chi connectivity index (χ4n) is 3.35. The van der Waals surface area contributed by atoms with E-state index in [1.165, 1.54) is 0 Å². The minimum atomic E-state index is -0.864. The summed E-state index contributed by atoms with van der Waals surface area (Å²) in [5.41, 5.74) is 1.22. The van der Waals surface area contributed by atoms with E-state index in [2.05, 4.69) is 26.3 Å². The molecule has 4 rings (SSSR count). The summed E-state index contributed by atoms with van der Waals surface area (Å²) in [5, 5.41) is 16.0. The van der Waals surface area contributed by atoms with Gasteiger partial charge >= 0.3 is 6.03 Å². The van der Waals surface area contributed by atoms with E-state index in [1.807, 2.05) is 18.2 Å². The van der Waals surface area contributed by atoms with Crippen LogP contribution in [0, 0.1) is 0 Å². The number of urea groups is 1. The van der Waals surface area contributed by atoms with Gasteiger partial charge in [0.1, 0.15) is 5.82 Å². The molecule has 0 radical (unpaired) electrons. The molecule has 1 aliphatic carbocycles. The largest absolute Gasteiger partial charge is 0.388 e. The highest BCUT2D eigenvalue weighted by atomic mass is 16.5. The SMILES string of the molecule is O=C(NCc1nc2ccccc2n1C1CC1)NCC1(O)CCOCC1. The zero-order valence-electron chi connectivity index (χ0n) is 14.2. The standard InChI is InChI=1S/C18H24N4O3/c23-17(20-12-18(24)7-9-25-10-8-18)19-11-16-21-14-3-1-2-4-15(14)22(16)13-5-6-13/h1-4,13,24H,5-12H2,(H2,19,20,23). The number of nitrogens with one attached hydrogen (secondary N) is 2. The predicted molar refractivity (Wildman–Crippen MR) is 93.2 cm³/mol. The van der Waals surface area contributed by atoms with E-state index in [0.717, 1.165) is 29.7 Å². The van der Waals surface area contributed by atoms with Crippen LogP contribution in [0.2, 0.25) is 0 Å². The van der Waals surface area contributed by atoms with Gasteiger partial charge in [-0.3, -0.25) is 0 Å². The highest BCUT2D eigenvalue weighted by molar-refractivity contribution is 5.77. The molecule has 1 aliphatic heterocycles. The second-order valence-corrected chi connectivity index (χ2v) is 6.99. The van der Waals surface area contributed by atoms with Gasteiger partial charge in [-0.1, -0.05) is 12.1 Å². The Kier molecular flexibility index (Phi) is 4.35. The number of amides is 2. The quantitative estimate of drug-likeness (QED) is 0.770. The molecule has 0 unspecified atom stereocenters. The number of hydrogen-bond donors (Lipinski definition) is 3. The number of hydrogen-bond acceptors (Lipinski definition) is 4. The normalized spacial score (nSPS) is 19.7. The number of carbonyl (C=O) groups is 1. The van der Waals surface area contributed by atoms with Crippen molar-refractivity contribution < 1.29 is 14.6 Å². The Hall–Kier alpha value is -2.12. The maximum Gasteiger partial charge on any atom is 0.315 e. The van der Waals surface area contributed by atoms with Gasteiger partial charge in [0.2, 0.25) is 0 Å². The zero-order chi connectivity index (χ0) is 17.3. The first-order valence-electron chi connectivity index (χ1n) is 8.92. The molecule has 1 aromatic heterocycles. The van der Waals surface area contributed by atoms with E-state index in [0.29, 0.717) is 38.6 Å². The Balaban J connectivity index is 1.37. The summed E-state index contributed by atoms with van der Waals surface area (Å²) in [5.74, 6) is 0.878. The molecule has 1 saturated heterocycles. The Morgan fingerprint density at radius 2 is 2.04 bits per heavy atom. The second-order valence-electron chi connectivity index (χ2n) is 6.99. The van der Waals surface area contributed by atoms with Crippen molar-refractivity contribution in [2.45, 2.75) is 43.9 Å². The molecule has 0 spiro atoms. The van der Waals surface area contributed by atoms with Crippen LogP contribution in [0.1, 0.15) is 37.5 Å². The number of ether oxygens (including phenoxy) is 1. The number of para-hydroxylation sites is 2. The zero-order valence-corrected chi connectivity index (χ0v) is 14.2. The molecule has 2 aliphatic rings. The highest BCUT2D eigenvalue weighted by Crippen LogP contribution is 2.38. The number of aromatic nitrogens is 2. The van der Waals surface area contributed by atoms with Crippen LogP contribution in [-0.2, 0) is 11.3 Å². The predicted octanol–water partition coefficient (Wildman–Crippen LogP) is 1.71. The van der Waals surface area contributed by atoms with Gasteiger partial charge in [-0.15, -0.1) is 0 Å². The molecule has 2 aromatic rings. The van der Waals surface area contributed by atoms with Crippen LogP contribution < -0.4 is 10.6 Å². The van der Waals surface area contributed by atoms with Crippen LogP contribution in [0.15, 0.2) is 24.3 Å². The van der Waals surface area contributed by atoms with Crippen molar-refractivity contribution in [3.05, 3.63) is 30.1 Å². The third-order valence-corrected chi connectivity index (χ3v) is 4.99. The first-order valence-corrected chi connectivity index (χ1v) is 8.92. The van der Waals surface area contributed by atoms with Crippen molar-refractivity contribution in [2.24, 2.45) is 0 Å². The van der Waals surface area contributed by atoms with Crippen molar-refractivity contribution in [1.29, 1.82) is 0 Å². The molecule has 0 atom stereocenters. The molecule has 2 fully saturated rings. The third kappa shape index (κ3) is 3.62. The molecular weight excluding hydrogens is 320 g/mol. The van der Waals surface area contributed by atoms with Crippen molar-refractivity contribution in [2.75, 3.05) is 19.8 Å². The first kappa shape index (κ1) is 16.4. The van der Waals surface area contributed by atoms with E-state index < -0.39 is 5.60 Å². The number of fused-ring (bicyclic) bond motifs is 1. The lowest BCUT2D eigenvalue weighted by Crippen LogP contribution is -2.49. The summed E-state index contributed by atoms with van der Waals surface area (Å²) in [6.45, 7) is 1.68. The summed E-state index contributed by atoms with van der Waals surface area (Å²) in [4.78, 5) is 16.8. The summed E-state index contributed by atoms with van der Waals surface area (Å²) in [7, 11) is 0. The maximum absolute atomic E-state index is 12.1. The maximum atomic E-state index is 12.1. The Morgan fingerprint density at radius 1 is 1.28 bits per heavy atom. The van der Waals surface area contributed by atoms with Crippen LogP contribution in [0.25, 0.3) is 11.0 Å². The molecule has 134 valence electrons. The smallest absolute Gasteiger partial charge is 0.315 e. The Morgan fingerprint density at radius 3 is 2.80 bits per heavy atom. The average Bonchev–Trinajstić information content (AvgIpc) is 3.39. The second kappa shape index (κ2) is 6.65. The van der Waals surface area contributed by atoms with Gasteiger partial charge in [0.25, 0.3) is 0 Å². The lowest BCUT2D eigenvalue weighted by Gasteiger charge is -2.32. The molecular formula is C18H24N4O3. The van der Waals surface area contributed by atoms with Crippen molar-refractivity contribution >= 4 is 17.1 Å². The number of rotatable bonds is 5. The topological polar surface area (TPSA) is 88.4 Å².